The van der Waals surface area contributed by atoms with Crippen molar-refractivity contribution in [2.45, 2.75) is 32.6 Å². The Labute approximate surface area is 58.0 Å². The third-order valence-electron chi connectivity index (χ3n) is 2.05. The van der Waals surface area contributed by atoms with Gasteiger partial charge in [-0.1, -0.05) is 25.0 Å². The van der Waals surface area contributed by atoms with Crippen LogP contribution >= 0.6 is 0 Å². The summed E-state index contributed by atoms with van der Waals surface area (Å²) < 4.78 is 0. The van der Waals surface area contributed by atoms with E-state index >= 15 is 0 Å². The Balaban J connectivity index is 2.31. The predicted molar refractivity (Wildman–Crippen MR) is 41.1 cm³/mol. The van der Waals surface area contributed by atoms with Gasteiger partial charge in [0.05, 0.1) is 0 Å². The van der Waals surface area contributed by atoms with Gasteiger partial charge in [-0.3, -0.25) is 0 Å². The van der Waals surface area contributed by atoms with Crippen molar-refractivity contribution in [3.05, 3.63) is 18.6 Å². The molecule has 1 radical (unpaired) electrons. The molecule has 0 heterocycles. The first kappa shape index (κ1) is 6.85. The molecule has 51 valence electrons. The first-order valence-electron chi connectivity index (χ1n) is 3.79. The van der Waals surface area contributed by atoms with Crippen LogP contribution in [0.4, 0.5) is 0 Å². The average molecular weight is 123 g/mol. The van der Waals surface area contributed by atoms with Crippen molar-refractivity contribution in [1.29, 1.82) is 0 Å². The first-order valence-corrected chi connectivity index (χ1v) is 3.79. The molecule has 1 rings (SSSR count). The van der Waals surface area contributed by atoms with E-state index in [1.807, 2.05) is 0 Å². The summed E-state index contributed by atoms with van der Waals surface area (Å²) in [5, 5.41) is 0. The van der Waals surface area contributed by atoms with Gasteiger partial charge in [0.1, 0.15) is 0 Å². The topological polar surface area (TPSA) is 0 Å². The van der Waals surface area contributed by atoms with Crippen molar-refractivity contribution in [2.24, 2.45) is 5.92 Å². The van der Waals surface area contributed by atoms with Crippen LogP contribution in [0, 0.1) is 12.3 Å². The zero-order valence-electron chi connectivity index (χ0n) is 6.19. The van der Waals surface area contributed by atoms with Crippen LogP contribution in [-0.2, 0) is 0 Å². The third-order valence-corrected chi connectivity index (χ3v) is 2.05. The molecule has 0 nitrogen and oxygen atoms in total. The van der Waals surface area contributed by atoms with Crippen LogP contribution in [0.25, 0.3) is 0 Å². The molecule has 0 heteroatoms. The van der Waals surface area contributed by atoms with Crippen molar-refractivity contribution in [3.63, 3.8) is 0 Å². The lowest BCUT2D eigenvalue weighted by atomic mass is 9.85. The largest absolute Gasteiger partial charge is 0.0999 e. The van der Waals surface area contributed by atoms with Gasteiger partial charge in [0, 0.05) is 0 Å². The number of rotatable bonds is 1. The normalized spacial score (nSPS) is 21.9. The second-order valence-corrected chi connectivity index (χ2v) is 2.97. The Morgan fingerprint density at radius 2 is 2.33 bits per heavy atom. The zero-order valence-corrected chi connectivity index (χ0v) is 6.19. The van der Waals surface area contributed by atoms with Crippen molar-refractivity contribution >= 4 is 0 Å². The third kappa shape index (κ3) is 1.85. The molecule has 0 amide bonds. The van der Waals surface area contributed by atoms with Crippen LogP contribution in [0.2, 0.25) is 0 Å². The fraction of sp³-hybridized carbons (Fsp3) is 0.667. The predicted octanol–water partition coefficient (Wildman–Crippen LogP) is 2.96. The van der Waals surface area contributed by atoms with Gasteiger partial charge in [0.25, 0.3) is 0 Å². The van der Waals surface area contributed by atoms with E-state index in [0.29, 0.717) is 0 Å². The molecular formula is C9H15. The maximum Gasteiger partial charge on any atom is -0.0177 e. The highest BCUT2D eigenvalue weighted by atomic mass is 14.2. The maximum atomic E-state index is 3.95. The van der Waals surface area contributed by atoms with Gasteiger partial charge in [-0.25, -0.2) is 0 Å². The molecule has 1 atom stereocenters. The quantitative estimate of drug-likeness (QED) is 0.470. The van der Waals surface area contributed by atoms with Crippen molar-refractivity contribution in [2.75, 3.05) is 0 Å². The average Bonchev–Trinajstić information content (AvgIpc) is 1.90. The summed E-state index contributed by atoms with van der Waals surface area (Å²) in [7, 11) is 0. The van der Waals surface area contributed by atoms with Gasteiger partial charge >= 0.3 is 0 Å². The lowest BCUT2D eigenvalue weighted by Gasteiger charge is -2.20. The lowest BCUT2D eigenvalue weighted by Crippen LogP contribution is -2.06. The molecule has 0 N–H and O–H groups in total. The van der Waals surface area contributed by atoms with Crippen LogP contribution in [0.1, 0.15) is 32.6 Å². The molecular weight excluding hydrogens is 108 g/mol. The van der Waals surface area contributed by atoms with Crippen LogP contribution < -0.4 is 0 Å². The van der Waals surface area contributed by atoms with Gasteiger partial charge in [0.2, 0.25) is 0 Å². The summed E-state index contributed by atoms with van der Waals surface area (Å²) in [5.41, 5.74) is 1.34. The molecule has 9 heavy (non-hydrogen) atoms. The highest BCUT2D eigenvalue weighted by molar-refractivity contribution is 5.03. The van der Waals surface area contributed by atoms with E-state index in [-0.39, 0.29) is 0 Å². The Morgan fingerprint density at radius 1 is 1.56 bits per heavy atom. The van der Waals surface area contributed by atoms with Crippen LogP contribution in [0.15, 0.2) is 12.2 Å². The van der Waals surface area contributed by atoms with Gasteiger partial charge in [-0.15, -0.1) is 0 Å². The van der Waals surface area contributed by atoms with Gasteiger partial charge in [-0.05, 0) is 32.1 Å². The van der Waals surface area contributed by atoms with E-state index in [1.54, 1.807) is 0 Å². The fourth-order valence-electron chi connectivity index (χ4n) is 1.39. The van der Waals surface area contributed by atoms with E-state index in [4.69, 9.17) is 0 Å². The Hall–Kier alpha value is -0.260. The molecule has 0 aromatic heterocycles. The molecule has 0 saturated heterocycles. The van der Waals surface area contributed by atoms with Crippen molar-refractivity contribution < 1.29 is 0 Å². The van der Waals surface area contributed by atoms with Crippen molar-refractivity contribution in [1.82, 2.24) is 0 Å². The maximum absolute atomic E-state index is 3.95. The van der Waals surface area contributed by atoms with Gasteiger partial charge in [-0.2, -0.15) is 0 Å². The Bertz CT molecular complexity index is 96.6. The van der Waals surface area contributed by atoms with Crippen LogP contribution in [0.3, 0.4) is 0 Å². The summed E-state index contributed by atoms with van der Waals surface area (Å²) >= 11 is 0. The second kappa shape index (κ2) is 3.05. The highest BCUT2D eigenvalue weighted by Gasteiger charge is 2.12. The minimum atomic E-state index is 0.735. The van der Waals surface area contributed by atoms with Crippen LogP contribution in [0.5, 0.6) is 0 Å². The SMILES string of the molecule is C=C(C)C1[CH]CCCC1. The lowest BCUT2D eigenvalue weighted by molar-refractivity contribution is 0.495. The van der Waals surface area contributed by atoms with E-state index < -0.39 is 0 Å². The smallest absolute Gasteiger partial charge is 0.0177 e. The minimum Gasteiger partial charge on any atom is -0.0999 e. The highest BCUT2D eigenvalue weighted by Crippen LogP contribution is 2.27. The summed E-state index contributed by atoms with van der Waals surface area (Å²) in [6.45, 7) is 6.08. The van der Waals surface area contributed by atoms with Gasteiger partial charge < -0.3 is 0 Å². The number of hydrogen-bond acceptors (Lipinski definition) is 0. The Kier molecular flexibility index (Phi) is 2.32. The number of allylic oxidation sites excluding steroid dienone is 1. The summed E-state index contributed by atoms with van der Waals surface area (Å²) in [4.78, 5) is 0. The summed E-state index contributed by atoms with van der Waals surface area (Å²) in [6.07, 6.45) is 7.84. The van der Waals surface area contributed by atoms with E-state index in [9.17, 15) is 0 Å². The van der Waals surface area contributed by atoms with Gasteiger partial charge in [0.15, 0.2) is 0 Å². The molecule has 0 aliphatic heterocycles. The molecule has 0 aromatic carbocycles. The summed E-state index contributed by atoms with van der Waals surface area (Å²) in [5.74, 6) is 0.735. The molecule has 1 aliphatic rings. The molecule has 1 saturated carbocycles. The molecule has 0 aromatic rings. The standard InChI is InChI=1S/C9H15/c1-8(2)9-6-4-3-5-7-9/h6,9H,1,3-5,7H2,2H3. The zero-order chi connectivity index (χ0) is 6.69. The van der Waals surface area contributed by atoms with E-state index in [2.05, 4.69) is 19.9 Å². The minimum absolute atomic E-state index is 0.735. The Morgan fingerprint density at radius 3 is 2.67 bits per heavy atom. The molecule has 0 spiro atoms. The molecule has 1 unspecified atom stereocenters. The first-order chi connectivity index (χ1) is 4.30. The van der Waals surface area contributed by atoms with E-state index in [0.717, 1.165) is 5.92 Å². The second-order valence-electron chi connectivity index (χ2n) is 2.97. The summed E-state index contributed by atoms with van der Waals surface area (Å²) in [6, 6.07) is 0. The van der Waals surface area contributed by atoms with E-state index in [1.165, 1.54) is 31.3 Å². The van der Waals surface area contributed by atoms with Crippen LogP contribution in [-0.4, -0.2) is 0 Å². The molecule has 1 fully saturated rings. The number of hydrogen-bond donors (Lipinski definition) is 0. The fourth-order valence-corrected chi connectivity index (χ4v) is 1.39. The van der Waals surface area contributed by atoms with Crippen molar-refractivity contribution in [3.8, 4) is 0 Å². The molecule has 0 bridgehead atoms. The monoisotopic (exact) mass is 123 g/mol. The molecule has 1 aliphatic carbocycles.